The standard InChI is InChI=1S/C14H29N3O3S/c1-12-10-17(11-13(2)20-12)21(18,19)16-8-5-14(6-9-16)4-7-15-3/h12-15H,4-11H2,1-3H3. The van der Waals surface area contributed by atoms with Gasteiger partial charge in [-0.1, -0.05) is 0 Å². The fourth-order valence-corrected chi connectivity index (χ4v) is 5.06. The lowest BCUT2D eigenvalue weighted by Gasteiger charge is -2.39. The predicted molar refractivity (Wildman–Crippen MR) is 83.3 cm³/mol. The van der Waals surface area contributed by atoms with Gasteiger partial charge in [-0.05, 0) is 52.6 Å². The molecule has 0 amide bonds. The number of nitrogens with zero attached hydrogens (tertiary/aromatic N) is 2. The minimum atomic E-state index is -3.32. The molecule has 7 heteroatoms. The second kappa shape index (κ2) is 7.37. The van der Waals surface area contributed by atoms with E-state index in [1.165, 1.54) is 0 Å². The lowest BCUT2D eigenvalue weighted by Crippen LogP contribution is -2.54. The van der Waals surface area contributed by atoms with Crippen molar-refractivity contribution in [2.45, 2.75) is 45.3 Å². The van der Waals surface area contributed by atoms with Crippen molar-refractivity contribution in [3.8, 4) is 0 Å². The topological polar surface area (TPSA) is 61.9 Å². The van der Waals surface area contributed by atoms with Crippen LogP contribution in [0.5, 0.6) is 0 Å². The predicted octanol–water partition coefficient (Wildman–Crippen LogP) is 0.662. The van der Waals surface area contributed by atoms with Crippen molar-refractivity contribution >= 4 is 10.2 Å². The van der Waals surface area contributed by atoms with Gasteiger partial charge in [-0.2, -0.15) is 17.0 Å². The van der Waals surface area contributed by atoms with E-state index in [0.717, 1.165) is 25.8 Å². The number of hydrogen-bond acceptors (Lipinski definition) is 4. The largest absolute Gasteiger partial charge is 0.373 e. The maximum Gasteiger partial charge on any atom is 0.282 e. The average Bonchev–Trinajstić information content (AvgIpc) is 2.44. The second-order valence-corrected chi connectivity index (χ2v) is 8.25. The molecular weight excluding hydrogens is 290 g/mol. The first-order valence-electron chi connectivity index (χ1n) is 7.98. The van der Waals surface area contributed by atoms with Gasteiger partial charge >= 0.3 is 0 Å². The smallest absolute Gasteiger partial charge is 0.282 e. The van der Waals surface area contributed by atoms with E-state index in [2.05, 4.69) is 5.32 Å². The number of piperidine rings is 1. The Balaban J connectivity index is 1.92. The molecule has 2 unspecified atom stereocenters. The molecule has 1 N–H and O–H groups in total. The fraction of sp³-hybridized carbons (Fsp3) is 1.00. The van der Waals surface area contributed by atoms with Crippen molar-refractivity contribution in [1.82, 2.24) is 13.9 Å². The maximum absolute atomic E-state index is 12.7. The Hall–Kier alpha value is -0.210. The Kier molecular flexibility index (Phi) is 6.02. The van der Waals surface area contributed by atoms with Gasteiger partial charge in [0.25, 0.3) is 10.2 Å². The van der Waals surface area contributed by atoms with Crippen LogP contribution in [0.1, 0.15) is 33.1 Å². The van der Waals surface area contributed by atoms with Gasteiger partial charge in [-0.3, -0.25) is 0 Å². The van der Waals surface area contributed by atoms with Crippen molar-refractivity contribution in [2.75, 3.05) is 39.8 Å². The van der Waals surface area contributed by atoms with E-state index in [-0.39, 0.29) is 12.2 Å². The summed E-state index contributed by atoms with van der Waals surface area (Å²) in [5.74, 6) is 0.645. The molecule has 0 aromatic heterocycles. The summed E-state index contributed by atoms with van der Waals surface area (Å²) >= 11 is 0. The van der Waals surface area contributed by atoms with Crippen molar-refractivity contribution < 1.29 is 13.2 Å². The van der Waals surface area contributed by atoms with Gasteiger partial charge in [-0.25, -0.2) is 0 Å². The molecule has 2 fully saturated rings. The van der Waals surface area contributed by atoms with Gasteiger partial charge in [0.15, 0.2) is 0 Å². The van der Waals surface area contributed by atoms with E-state index in [1.807, 2.05) is 20.9 Å². The Bertz CT molecular complexity index is 411. The van der Waals surface area contributed by atoms with Crippen LogP contribution in [0.2, 0.25) is 0 Å². The van der Waals surface area contributed by atoms with Gasteiger partial charge in [0.2, 0.25) is 0 Å². The first-order chi connectivity index (χ1) is 9.93. The van der Waals surface area contributed by atoms with Gasteiger partial charge < -0.3 is 10.1 Å². The molecule has 0 radical (unpaired) electrons. The summed E-state index contributed by atoms with van der Waals surface area (Å²) < 4.78 is 34.4. The third-order valence-electron chi connectivity index (χ3n) is 4.41. The Labute approximate surface area is 129 Å². The highest BCUT2D eigenvalue weighted by atomic mass is 32.2. The van der Waals surface area contributed by atoms with Crippen molar-refractivity contribution in [3.63, 3.8) is 0 Å². The van der Waals surface area contributed by atoms with Crippen LogP contribution in [-0.2, 0) is 14.9 Å². The van der Waals surface area contributed by atoms with Crippen LogP contribution in [0.15, 0.2) is 0 Å². The molecule has 2 heterocycles. The quantitative estimate of drug-likeness (QED) is 0.809. The lowest BCUT2D eigenvalue weighted by atomic mass is 9.95. The average molecular weight is 319 g/mol. The number of ether oxygens (including phenoxy) is 1. The van der Waals surface area contributed by atoms with E-state index < -0.39 is 10.2 Å². The molecule has 0 bridgehead atoms. The van der Waals surface area contributed by atoms with Crippen LogP contribution < -0.4 is 5.32 Å². The molecule has 2 aliphatic heterocycles. The van der Waals surface area contributed by atoms with E-state index in [0.29, 0.717) is 32.1 Å². The summed E-state index contributed by atoms with van der Waals surface area (Å²) in [6.07, 6.45) is 3.01. The Morgan fingerprint density at radius 1 is 1.10 bits per heavy atom. The SMILES string of the molecule is CNCCC1CCN(S(=O)(=O)N2CC(C)OC(C)C2)CC1. The Morgan fingerprint density at radius 2 is 1.67 bits per heavy atom. The zero-order valence-corrected chi connectivity index (χ0v) is 14.2. The molecule has 0 spiro atoms. The number of nitrogens with one attached hydrogen (secondary N) is 1. The first kappa shape index (κ1) is 17.1. The van der Waals surface area contributed by atoms with Crippen molar-refractivity contribution in [2.24, 2.45) is 5.92 Å². The number of morpholine rings is 1. The highest BCUT2D eigenvalue weighted by Gasteiger charge is 2.36. The second-order valence-electron chi connectivity index (χ2n) is 6.32. The molecule has 2 rings (SSSR count). The van der Waals surface area contributed by atoms with Gasteiger partial charge in [0.1, 0.15) is 0 Å². The molecule has 21 heavy (non-hydrogen) atoms. The normalized spacial score (nSPS) is 30.6. The maximum atomic E-state index is 12.7. The summed E-state index contributed by atoms with van der Waals surface area (Å²) in [5.41, 5.74) is 0. The highest BCUT2D eigenvalue weighted by Crippen LogP contribution is 2.25. The molecule has 0 aliphatic carbocycles. The molecule has 2 saturated heterocycles. The third-order valence-corrected chi connectivity index (χ3v) is 6.38. The van der Waals surface area contributed by atoms with Gasteiger partial charge in [0, 0.05) is 26.2 Å². The minimum absolute atomic E-state index is 0.0308. The van der Waals surface area contributed by atoms with Crippen LogP contribution in [-0.4, -0.2) is 69.0 Å². The molecule has 0 aromatic rings. The zero-order chi connectivity index (χ0) is 15.5. The van der Waals surface area contributed by atoms with E-state index in [9.17, 15) is 8.42 Å². The zero-order valence-electron chi connectivity index (χ0n) is 13.4. The molecule has 124 valence electrons. The third kappa shape index (κ3) is 4.39. The van der Waals surface area contributed by atoms with E-state index >= 15 is 0 Å². The summed E-state index contributed by atoms with van der Waals surface area (Å²) in [6.45, 7) is 7.10. The van der Waals surface area contributed by atoms with Crippen LogP contribution in [0, 0.1) is 5.92 Å². The van der Waals surface area contributed by atoms with Crippen molar-refractivity contribution in [3.05, 3.63) is 0 Å². The van der Waals surface area contributed by atoms with E-state index in [1.54, 1.807) is 8.61 Å². The van der Waals surface area contributed by atoms with Gasteiger partial charge in [0.05, 0.1) is 12.2 Å². The molecule has 0 saturated carbocycles. The molecule has 0 aromatic carbocycles. The van der Waals surface area contributed by atoms with E-state index in [4.69, 9.17) is 4.74 Å². The van der Waals surface area contributed by atoms with Gasteiger partial charge in [-0.15, -0.1) is 0 Å². The van der Waals surface area contributed by atoms with Crippen LogP contribution in [0.3, 0.4) is 0 Å². The van der Waals surface area contributed by atoms with Crippen LogP contribution >= 0.6 is 0 Å². The lowest BCUT2D eigenvalue weighted by molar-refractivity contribution is -0.0456. The minimum Gasteiger partial charge on any atom is -0.373 e. The summed E-state index contributed by atoms with van der Waals surface area (Å²) in [5, 5.41) is 3.16. The summed E-state index contributed by atoms with van der Waals surface area (Å²) in [7, 11) is -1.37. The fourth-order valence-electron chi connectivity index (χ4n) is 3.26. The summed E-state index contributed by atoms with van der Waals surface area (Å²) in [6, 6.07) is 0. The highest BCUT2D eigenvalue weighted by molar-refractivity contribution is 7.86. The summed E-state index contributed by atoms with van der Waals surface area (Å²) in [4.78, 5) is 0. The molecule has 6 nitrogen and oxygen atoms in total. The van der Waals surface area contributed by atoms with Crippen LogP contribution in [0.4, 0.5) is 0 Å². The van der Waals surface area contributed by atoms with Crippen molar-refractivity contribution in [1.29, 1.82) is 0 Å². The monoisotopic (exact) mass is 319 g/mol. The molecule has 2 aliphatic rings. The molecular formula is C14H29N3O3S. The first-order valence-corrected chi connectivity index (χ1v) is 9.38. The molecule has 2 atom stereocenters. The Morgan fingerprint density at radius 3 is 2.19 bits per heavy atom. The number of rotatable bonds is 5. The van der Waals surface area contributed by atoms with Crippen LogP contribution in [0.25, 0.3) is 0 Å². The number of hydrogen-bond donors (Lipinski definition) is 1.